The van der Waals surface area contributed by atoms with Crippen LogP contribution in [0.1, 0.15) is 40.6 Å². The van der Waals surface area contributed by atoms with Crippen molar-refractivity contribution >= 4 is 39.2 Å². The highest BCUT2D eigenvalue weighted by Gasteiger charge is 2.26. The molecule has 2 N–H and O–H groups in total. The lowest BCUT2D eigenvalue weighted by atomic mass is 9.95. The number of aromatic amines is 1. The first-order valence-corrected chi connectivity index (χ1v) is 9.44. The third-order valence-corrected chi connectivity index (χ3v) is 5.66. The lowest BCUT2D eigenvalue weighted by Crippen LogP contribution is -2.14. The van der Waals surface area contributed by atoms with Crippen molar-refractivity contribution < 1.29 is 14.3 Å². The Bertz CT molecular complexity index is 727. The molecule has 0 aromatic carbocycles. The van der Waals surface area contributed by atoms with E-state index in [0.717, 1.165) is 48.0 Å². The van der Waals surface area contributed by atoms with Gasteiger partial charge in [-0.2, -0.15) is 5.10 Å². The maximum atomic E-state index is 12.3. The van der Waals surface area contributed by atoms with E-state index in [4.69, 9.17) is 4.74 Å². The number of rotatable bonds is 6. The molecule has 2 heterocycles. The second kappa shape index (κ2) is 7.80. The predicted octanol–water partition coefficient (Wildman–Crippen LogP) is 2.65. The van der Waals surface area contributed by atoms with Crippen molar-refractivity contribution in [2.45, 2.75) is 37.8 Å². The Hall–Kier alpha value is -1.87. The lowest BCUT2D eigenvalue weighted by molar-refractivity contribution is -0.109. The van der Waals surface area contributed by atoms with E-state index in [1.807, 2.05) is 0 Å². The van der Waals surface area contributed by atoms with Gasteiger partial charge in [0.25, 0.3) is 0 Å². The fraction of sp³-hybridized carbons (Fsp3) is 0.467. The molecule has 1 aliphatic rings. The predicted molar refractivity (Wildman–Crippen MR) is 92.7 cm³/mol. The van der Waals surface area contributed by atoms with Crippen LogP contribution in [-0.4, -0.2) is 39.4 Å². The van der Waals surface area contributed by atoms with E-state index in [-0.39, 0.29) is 17.6 Å². The number of fused-ring (bicyclic) bond motifs is 1. The minimum Gasteiger partial charge on any atom is -0.462 e. The van der Waals surface area contributed by atoms with Gasteiger partial charge in [0, 0.05) is 4.88 Å². The summed E-state index contributed by atoms with van der Waals surface area (Å²) < 4.78 is 5.20. The number of esters is 1. The van der Waals surface area contributed by atoms with E-state index in [2.05, 4.69) is 20.5 Å². The molecule has 0 saturated carbocycles. The number of nitrogens with one attached hydrogen (secondary N) is 2. The summed E-state index contributed by atoms with van der Waals surface area (Å²) in [6.07, 6.45) is 5.44. The number of hydrogen-bond donors (Lipinski definition) is 2. The molecule has 0 bridgehead atoms. The molecule has 0 fully saturated rings. The Labute approximate surface area is 147 Å². The standard InChI is InChI=1S/C15H18N4O3S2/c1-2-22-14(21)12-9-5-3-4-6-10(9)23-13(12)16-7-11(20)24-15-17-8-18-19-15/h8,16H,2-7H2,1H3,(H,17,18,19). The van der Waals surface area contributed by atoms with Crippen LogP contribution >= 0.6 is 23.1 Å². The molecule has 0 unspecified atom stereocenters. The Kier molecular flexibility index (Phi) is 5.52. The van der Waals surface area contributed by atoms with Crippen LogP contribution in [0.2, 0.25) is 0 Å². The molecule has 0 amide bonds. The number of hydrogen-bond acceptors (Lipinski definition) is 8. The Morgan fingerprint density at radius 1 is 1.42 bits per heavy atom. The van der Waals surface area contributed by atoms with Crippen molar-refractivity contribution in [2.24, 2.45) is 0 Å². The van der Waals surface area contributed by atoms with Gasteiger partial charge < -0.3 is 10.1 Å². The Balaban J connectivity index is 1.73. The number of aromatic nitrogens is 3. The average Bonchev–Trinajstić information content (AvgIpc) is 3.20. The third-order valence-electron chi connectivity index (χ3n) is 3.65. The minimum absolute atomic E-state index is 0.104. The van der Waals surface area contributed by atoms with Crippen molar-refractivity contribution in [3.63, 3.8) is 0 Å². The van der Waals surface area contributed by atoms with Gasteiger partial charge in [0.15, 0.2) is 5.16 Å². The zero-order valence-electron chi connectivity index (χ0n) is 13.3. The van der Waals surface area contributed by atoms with E-state index < -0.39 is 0 Å². The van der Waals surface area contributed by atoms with E-state index in [0.29, 0.717) is 17.3 Å². The highest BCUT2D eigenvalue weighted by molar-refractivity contribution is 8.13. The summed E-state index contributed by atoms with van der Waals surface area (Å²) in [7, 11) is 0. The molecular formula is C15H18N4O3S2. The number of anilines is 1. The van der Waals surface area contributed by atoms with E-state index in [1.165, 1.54) is 11.2 Å². The normalized spacial score (nSPS) is 13.4. The summed E-state index contributed by atoms with van der Waals surface area (Å²) in [5.74, 6) is -0.310. The molecule has 2 aromatic heterocycles. The van der Waals surface area contributed by atoms with Crippen LogP contribution in [0, 0.1) is 0 Å². The topological polar surface area (TPSA) is 97.0 Å². The number of ether oxygens (including phenoxy) is 1. The highest BCUT2D eigenvalue weighted by Crippen LogP contribution is 2.38. The molecule has 3 rings (SSSR count). The van der Waals surface area contributed by atoms with Crippen LogP contribution in [0.3, 0.4) is 0 Å². The molecule has 0 spiro atoms. The Morgan fingerprint density at radius 2 is 2.25 bits per heavy atom. The van der Waals surface area contributed by atoms with Crippen LogP contribution in [0.5, 0.6) is 0 Å². The number of aryl methyl sites for hydroxylation is 1. The largest absolute Gasteiger partial charge is 0.462 e. The molecule has 0 saturated heterocycles. The monoisotopic (exact) mass is 366 g/mol. The number of H-pyrrole nitrogens is 1. The number of carbonyl (C=O) groups excluding carboxylic acids is 2. The number of carbonyl (C=O) groups is 2. The first kappa shape index (κ1) is 17.0. The van der Waals surface area contributed by atoms with Crippen LogP contribution in [-0.2, 0) is 22.4 Å². The first-order valence-electron chi connectivity index (χ1n) is 7.80. The summed E-state index contributed by atoms with van der Waals surface area (Å²) in [5.41, 5.74) is 1.69. The molecule has 7 nitrogen and oxygen atoms in total. The number of thioether (sulfide) groups is 1. The summed E-state index contributed by atoms with van der Waals surface area (Å²) >= 11 is 2.54. The van der Waals surface area contributed by atoms with E-state index in [1.54, 1.807) is 18.3 Å². The molecule has 0 radical (unpaired) electrons. The zero-order chi connectivity index (χ0) is 16.9. The van der Waals surface area contributed by atoms with Gasteiger partial charge in [-0.25, -0.2) is 9.78 Å². The molecule has 24 heavy (non-hydrogen) atoms. The van der Waals surface area contributed by atoms with Gasteiger partial charge in [-0.1, -0.05) is 0 Å². The molecule has 0 atom stereocenters. The quantitative estimate of drug-likeness (QED) is 0.599. The van der Waals surface area contributed by atoms with Crippen molar-refractivity contribution in [1.82, 2.24) is 15.2 Å². The minimum atomic E-state index is -0.310. The van der Waals surface area contributed by atoms with Crippen LogP contribution in [0.15, 0.2) is 11.5 Å². The molecular weight excluding hydrogens is 348 g/mol. The van der Waals surface area contributed by atoms with Gasteiger partial charge in [-0.05, 0) is 49.9 Å². The lowest BCUT2D eigenvalue weighted by Gasteiger charge is -2.12. The van der Waals surface area contributed by atoms with Crippen molar-refractivity contribution in [3.8, 4) is 0 Å². The van der Waals surface area contributed by atoms with Gasteiger partial charge >= 0.3 is 5.97 Å². The second-order valence-electron chi connectivity index (χ2n) is 5.25. The smallest absolute Gasteiger partial charge is 0.341 e. The highest BCUT2D eigenvalue weighted by atomic mass is 32.2. The van der Waals surface area contributed by atoms with Gasteiger partial charge in [-0.15, -0.1) is 11.3 Å². The van der Waals surface area contributed by atoms with E-state index in [9.17, 15) is 9.59 Å². The average molecular weight is 366 g/mol. The second-order valence-corrected chi connectivity index (χ2v) is 7.41. The molecule has 1 aliphatic carbocycles. The Morgan fingerprint density at radius 3 is 3.00 bits per heavy atom. The first-order chi connectivity index (χ1) is 11.7. The molecule has 2 aromatic rings. The maximum Gasteiger partial charge on any atom is 0.341 e. The van der Waals surface area contributed by atoms with Gasteiger partial charge in [-0.3, -0.25) is 9.89 Å². The summed E-state index contributed by atoms with van der Waals surface area (Å²) in [4.78, 5) is 29.5. The van der Waals surface area contributed by atoms with E-state index >= 15 is 0 Å². The van der Waals surface area contributed by atoms with Crippen molar-refractivity contribution in [1.29, 1.82) is 0 Å². The van der Waals surface area contributed by atoms with Gasteiger partial charge in [0.1, 0.15) is 11.3 Å². The summed E-state index contributed by atoms with van der Waals surface area (Å²) in [6.45, 7) is 2.24. The van der Waals surface area contributed by atoms with Gasteiger partial charge in [0.05, 0.1) is 18.7 Å². The van der Waals surface area contributed by atoms with Crippen LogP contribution in [0.4, 0.5) is 5.00 Å². The van der Waals surface area contributed by atoms with Crippen molar-refractivity contribution in [3.05, 3.63) is 22.3 Å². The SMILES string of the molecule is CCOC(=O)c1c(NCC(=O)Sc2ncn[nH]2)sc2c1CCCC2. The third kappa shape index (κ3) is 3.78. The van der Waals surface area contributed by atoms with Crippen LogP contribution in [0.25, 0.3) is 0 Å². The summed E-state index contributed by atoms with van der Waals surface area (Å²) in [5, 5.41) is 10.5. The fourth-order valence-electron chi connectivity index (χ4n) is 2.65. The molecule has 128 valence electrons. The zero-order valence-corrected chi connectivity index (χ0v) is 14.9. The maximum absolute atomic E-state index is 12.3. The summed E-state index contributed by atoms with van der Waals surface area (Å²) in [6, 6.07) is 0. The van der Waals surface area contributed by atoms with Crippen LogP contribution < -0.4 is 5.32 Å². The van der Waals surface area contributed by atoms with Crippen molar-refractivity contribution in [2.75, 3.05) is 18.5 Å². The number of nitrogens with zero attached hydrogens (tertiary/aromatic N) is 2. The molecule has 0 aliphatic heterocycles. The number of thiophene rings is 1. The fourth-order valence-corrected chi connectivity index (χ4v) is 4.48. The van der Waals surface area contributed by atoms with Gasteiger partial charge in [0.2, 0.25) is 5.12 Å². The molecule has 9 heteroatoms.